The van der Waals surface area contributed by atoms with Crippen LogP contribution in [-0.2, 0) is 4.79 Å². The number of methoxy groups -OCH3 is 2. The number of hydrogen-bond acceptors (Lipinski definition) is 5. The number of anilines is 1. The molecule has 0 aromatic heterocycles. The zero-order chi connectivity index (χ0) is 17.8. The van der Waals surface area contributed by atoms with E-state index in [4.69, 9.17) is 15.2 Å². The molecule has 1 unspecified atom stereocenters. The number of nitrogen functional groups attached to an aromatic ring is 1. The molecule has 1 saturated carbocycles. The normalized spacial score (nSPS) is 19.0. The van der Waals surface area contributed by atoms with Crippen molar-refractivity contribution in [2.75, 3.05) is 20.0 Å². The minimum atomic E-state index is 0.0877. The van der Waals surface area contributed by atoms with E-state index >= 15 is 0 Å². The molecule has 0 saturated heterocycles. The summed E-state index contributed by atoms with van der Waals surface area (Å²) in [7, 11) is 3.22. The first-order valence-electron chi connectivity index (χ1n) is 8.25. The molecule has 0 amide bonds. The van der Waals surface area contributed by atoms with Gasteiger partial charge >= 0.3 is 0 Å². The van der Waals surface area contributed by atoms with Crippen molar-refractivity contribution in [1.82, 2.24) is 0 Å². The van der Waals surface area contributed by atoms with E-state index in [0.717, 1.165) is 23.4 Å². The summed E-state index contributed by atoms with van der Waals surface area (Å²) in [6.45, 7) is 0. The van der Waals surface area contributed by atoms with Gasteiger partial charge in [-0.3, -0.25) is 9.79 Å². The average Bonchev–Trinajstić information content (AvgIpc) is 2.62. The van der Waals surface area contributed by atoms with Crippen molar-refractivity contribution in [3.63, 3.8) is 0 Å². The van der Waals surface area contributed by atoms with Gasteiger partial charge in [0.1, 0.15) is 5.78 Å². The van der Waals surface area contributed by atoms with Gasteiger partial charge in [0.05, 0.1) is 25.6 Å². The van der Waals surface area contributed by atoms with Crippen LogP contribution in [0, 0.1) is 0 Å². The van der Waals surface area contributed by atoms with Gasteiger partial charge < -0.3 is 15.2 Å². The van der Waals surface area contributed by atoms with Crippen LogP contribution in [0.25, 0.3) is 0 Å². The lowest BCUT2D eigenvalue weighted by Crippen LogP contribution is -2.21. The molecule has 0 aliphatic heterocycles. The van der Waals surface area contributed by atoms with Crippen LogP contribution in [0.2, 0.25) is 0 Å². The third kappa shape index (κ3) is 3.82. The van der Waals surface area contributed by atoms with Gasteiger partial charge in [0.2, 0.25) is 0 Å². The predicted octanol–water partition coefficient (Wildman–Crippen LogP) is 3.90. The quantitative estimate of drug-likeness (QED) is 0.858. The average molecular weight is 338 g/mol. The fraction of sp³-hybridized carbons (Fsp3) is 0.300. The summed E-state index contributed by atoms with van der Waals surface area (Å²) in [4.78, 5) is 16.9. The Morgan fingerprint density at radius 2 is 1.80 bits per heavy atom. The Bertz CT molecular complexity index is 814. The summed E-state index contributed by atoms with van der Waals surface area (Å²) in [5.41, 5.74) is 9.23. The SMILES string of the molecule is COc1ccc(C2CC(=O)CC(=Nc3ccccc3N)C2)cc1OC. The van der Waals surface area contributed by atoms with Crippen LogP contribution in [0.5, 0.6) is 11.5 Å². The van der Waals surface area contributed by atoms with Gasteiger partial charge in [0.25, 0.3) is 0 Å². The number of Topliss-reactive ketones (excluding diaryl/α,β-unsaturated/α-hetero) is 1. The van der Waals surface area contributed by atoms with Gasteiger partial charge in [-0.2, -0.15) is 0 Å². The summed E-state index contributed by atoms with van der Waals surface area (Å²) in [6.07, 6.45) is 1.63. The van der Waals surface area contributed by atoms with Gasteiger partial charge in [-0.1, -0.05) is 18.2 Å². The summed E-state index contributed by atoms with van der Waals surface area (Å²) in [5.74, 6) is 1.63. The monoisotopic (exact) mass is 338 g/mol. The molecular weight excluding hydrogens is 316 g/mol. The number of ketones is 1. The Hall–Kier alpha value is -2.82. The standard InChI is InChI=1S/C20H22N2O3/c1-24-19-8-7-13(11-20(19)25-2)14-9-15(12-16(23)10-14)22-18-6-4-3-5-17(18)21/h3-8,11,14H,9-10,12,21H2,1-2H3. The number of carbonyl (C=O) groups excluding carboxylic acids is 1. The third-order valence-electron chi connectivity index (χ3n) is 4.45. The van der Waals surface area contributed by atoms with Crippen LogP contribution in [0.1, 0.15) is 30.7 Å². The molecule has 1 fully saturated rings. The molecule has 5 heteroatoms. The van der Waals surface area contributed by atoms with Crippen LogP contribution in [0.3, 0.4) is 0 Å². The fourth-order valence-electron chi connectivity index (χ4n) is 3.19. The summed E-state index contributed by atoms with van der Waals surface area (Å²) in [5, 5.41) is 0. The molecule has 25 heavy (non-hydrogen) atoms. The minimum Gasteiger partial charge on any atom is -0.493 e. The largest absolute Gasteiger partial charge is 0.493 e. The van der Waals surface area contributed by atoms with E-state index in [0.29, 0.717) is 30.0 Å². The van der Waals surface area contributed by atoms with Crippen LogP contribution >= 0.6 is 0 Å². The molecule has 1 aliphatic rings. The van der Waals surface area contributed by atoms with Gasteiger partial charge in [-0.15, -0.1) is 0 Å². The smallest absolute Gasteiger partial charge is 0.160 e. The molecule has 3 rings (SSSR count). The summed E-state index contributed by atoms with van der Waals surface area (Å²) < 4.78 is 10.7. The molecule has 5 nitrogen and oxygen atoms in total. The number of nitrogens with zero attached hydrogens (tertiary/aromatic N) is 1. The van der Waals surface area contributed by atoms with E-state index in [2.05, 4.69) is 4.99 Å². The molecule has 0 bridgehead atoms. The van der Waals surface area contributed by atoms with Crippen LogP contribution in [0.4, 0.5) is 11.4 Å². The Kier molecular flexibility index (Phi) is 5.03. The Labute approximate surface area is 147 Å². The minimum absolute atomic E-state index is 0.0877. The molecule has 0 spiro atoms. The maximum absolute atomic E-state index is 12.2. The first-order chi connectivity index (χ1) is 12.1. The first kappa shape index (κ1) is 17.0. The van der Waals surface area contributed by atoms with E-state index < -0.39 is 0 Å². The number of para-hydroxylation sites is 2. The zero-order valence-corrected chi connectivity index (χ0v) is 14.5. The van der Waals surface area contributed by atoms with Crippen LogP contribution < -0.4 is 15.2 Å². The van der Waals surface area contributed by atoms with Crippen molar-refractivity contribution in [1.29, 1.82) is 0 Å². The Morgan fingerprint density at radius 1 is 1.04 bits per heavy atom. The second-order valence-electron chi connectivity index (χ2n) is 6.17. The highest BCUT2D eigenvalue weighted by molar-refractivity contribution is 6.06. The van der Waals surface area contributed by atoms with Crippen molar-refractivity contribution < 1.29 is 14.3 Å². The summed E-state index contributed by atoms with van der Waals surface area (Å²) >= 11 is 0. The number of nitrogens with two attached hydrogens (primary N) is 1. The van der Waals surface area contributed by atoms with Gasteiger partial charge in [0.15, 0.2) is 11.5 Å². The van der Waals surface area contributed by atoms with Crippen LogP contribution in [-0.4, -0.2) is 25.7 Å². The number of rotatable bonds is 4. The fourth-order valence-corrected chi connectivity index (χ4v) is 3.19. The number of carbonyl (C=O) groups is 1. The zero-order valence-electron chi connectivity index (χ0n) is 14.5. The van der Waals surface area contributed by atoms with Crippen molar-refractivity contribution >= 4 is 22.9 Å². The Morgan fingerprint density at radius 3 is 2.52 bits per heavy atom. The van der Waals surface area contributed by atoms with E-state index in [9.17, 15) is 4.79 Å². The lowest BCUT2D eigenvalue weighted by Gasteiger charge is -2.24. The molecule has 2 N–H and O–H groups in total. The van der Waals surface area contributed by atoms with Crippen molar-refractivity contribution in [3.8, 4) is 11.5 Å². The first-order valence-corrected chi connectivity index (χ1v) is 8.25. The third-order valence-corrected chi connectivity index (χ3v) is 4.45. The molecule has 130 valence electrons. The molecule has 1 aliphatic carbocycles. The van der Waals surface area contributed by atoms with Crippen molar-refractivity contribution in [2.45, 2.75) is 25.2 Å². The maximum atomic E-state index is 12.2. The molecule has 2 aromatic carbocycles. The van der Waals surface area contributed by atoms with E-state index in [1.54, 1.807) is 14.2 Å². The summed E-state index contributed by atoms with van der Waals surface area (Å²) in [6, 6.07) is 13.3. The molecule has 0 radical (unpaired) electrons. The van der Waals surface area contributed by atoms with Crippen molar-refractivity contribution in [2.24, 2.45) is 4.99 Å². The Balaban J connectivity index is 1.88. The number of benzene rings is 2. The van der Waals surface area contributed by atoms with Gasteiger partial charge in [-0.25, -0.2) is 0 Å². The predicted molar refractivity (Wildman–Crippen MR) is 99.1 cm³/mol. The van der Waals surface area contributed by atoms with Gasteiger partial charge in [-0.05, 0) is 42.2 Å². The molecule has 1 atom stereocenters. The number of ether oxygens (including phenoxy) is 2. The maximum Gasteiger partial charge on any atom is 0.160 e. The van der Waals surface area contributed by atoms with Crippen molar-refractivity contribution in [3.05, 3.63) is 48.0 Å². The van der Waals surface area contributed by atoms with E-state index in [1.165, 1.54) is 0 Å². The van der Waals surface area contributed by atoms with E-state index in [1.807, 2.05) is 42.5 Å². The lowest BCUT2D eigenvalue weighted by atomic mass is 9.82. The van der Waals surface area contributed by atoms with E-state index in [-0.39, 0.29) is 11.7 Å². The molecule has 0 heterocycles. The second-order valence-corrected chi connectivity index (χ2v) is 6.17. The molecule has 2 aromatic rings. The highest BCUT2D eigenvalue weighted by Crippen LogP contribution is 2.36. The second kappa shape index (κ2) is 7.38. The number of hydrogen-bond donors (Lipinski definition) is 1. The van der Waals surface area contributed by atoms with Crippen LogP contribution in [0.15, 0.2) is 47.5 Å². The highest BCUT2D eigenvalue weighted by Gasteiger charge is 2.26. The molecular formula is C20H22N2O3. The van der Waals surface area contributed by atoms with Gasteiger partial charge in [0, 0.05) is 18.6 Å². The highest BCUT2D eigenvalue weighted by atomic mass is 16.5. The number of aliphatic imine (C=N–C) groups is 1. The topological polar surface area (TPSA) is 73.9 Å². The lowest BCUT2D eigenvalue weighted by molar-refractivity contribution is -0.118.